The van der Waals surface area contributed by atoms with E-state index in [1.54, 1.807) is 0 Å². The van der Waals surface area contributed by atoms with Crippen molar-refractivity contribution in [2.75, 3.05) is 42.8 Å². The Morgan fingerprint density at radius 3 is 2.24 bits per heavy atom. The van der Waals surface area contributed by atoms with Crippen LogP contribution in [0.25, 0.3) is 0 Å². The number of hydrogen-bond donors (Lipinski definition) is 3. The molecule has 0 aliphatic rings. The molecule has 0 aliphatic heterocycles. The highest BCUT2D eigenvalue weighted by Crippen LogP contribution is 2.20. The molecule has 0 bridgehead atoms. The van der Waals surface area contributed by atoms with E-state index in [0.717, 1.165) is 18.8 Å². The van der Waals surface area contributed by atoms with Gasteiger partial charge in [-0.15, -0.1) is 23.2 Å². The van der Waals surface area contributed by atoms with Crippen molar-refractivity contribution >= 4 is 40.5 Å². The Morgan fingerprint density at radius 2 is 1.76 bits per heavy atom. The van der Waals surface area contributed by atoms with Crippen LogP contribution in [-0.4, -0.2) is 75.9 Å². The second kappa shape index (κ2) is 13.5. The molecule has 2 unspecified atom stereocenters. The molecule has 1 aromatic rings. The Balaban J connectivity index is 3.17. The third-order valence-corrected chi connectivity index (χ3v) is 4.85. The highest BCUT2D eigenvalue weighted by Gasteiger charge is 2.24. The van der Waals surface area contributed by atoms with Crippen molar-refractivity contribution < 1.29 is 14.8 Å². The Morgan fingerprint density at radius 1 is 1.17 bits per heavy atom. The van der Waals surface area contributed by atoms with Crippen molar-refractivity contribution in [2.24, 2.45) is 16.1 Å². The molecular weight excluding hydrogens is 415 g/mol. The number of hydrogen-bond acceptors (Lipinski definition) is 5. The van der Waals surface area contributed by atoms with Crippen molar-refractivity contribution in [2.45, 2.75) is 26.1 Å². The molecule has 10 heteroatoms. The molecule has 0 saturated carbocycles. The number of halogens is 2. The van der Waals surface area contributed by atoms with Crippen LogP contribution in [0.1, 0.15) is 13.8 Å². The van der Waals surface area contributed by atoms with Gasteiger partial charge in [-0.25, -0.2) is 4.58 Å². The molecule has 8 nitrogen and oxygen atoms in total. The number of aliphatic hydroxyl groups is 2. The maximum atomic E-state index is 9.89. The smallest absolute Gasteiger partial charge is 0.389 e. The summed E-state index contributed by atoms with van der Waals surface area (Å²) in [6.45, 7) is 9.90. The van der Waals surface area contributed by atoms with Gasteiger partial charge in [0.05, 0.1) is 36.7 Å². The van der Waals surface area contributed by atoms with Crippen molar-refractivity contribution in [1.29, 1.82) is 0 Å². The van der Waals surface area contributed by atoms with Gasteiger partial charge >= 0.3 is 5.96 Å². The van der Waals surface area contributed by atoms with Crippen LogP contribution >= 0.6 is 23.2 Å². The van der Waals surface area contributed by atoms with Crippen LogP contribution in [0.2, 0.25) is 0 Å². The average Bonchev–Trinajstić information content (AvgIpc) is 2.74. The molecule has 4 N–H and O–H groups in total. The fourth-order valence-corrected chi connectivity index (χ4v) is 2.77. The molecule has 1 aromatic carbocycles. The highest BCUT2D eigenvalue weighted by atomic mass is 35.5. The van der Waals surface area contributed by atoms with E-state index in [-0.39, 0.29) is 30.8 Å². The number of nitrogens with zero attached hydrogens (tertiary/aromatic N) is 5. The molecule has 0 aliphatic carbocycles. The summed E-state index contributed by atoms with van der Waals surface area (Å²) < 4.78 is 1.52. The van der Waals surface area contributed by atoms with Gasteiger partial charge in [0.25, 0.3) is 0 Å². The van der Waals surface area contributed by atoms with Gasteiger partial charge in [0.1, 0.15) is 12.2 Å². The van der Waals surface area contributed by atoms with Gasteiger partial charge in [0.2, 0.25) is 0 Å². The lowest BCUT2D eigenvalue weighted by atomic mass is 10.2. The predicted octanol–water partition coefficient (Wildman–Crippen LogP) is 2.50. The third kappa shape index (κ3) is 8.28. The summed E-state index contributed by atoms with van der Waals surface area (Å²) in [4.78, 5) is 2.22. The van der Waals surface area contributed by atoms with Crippen molar-refractivity contribution in [3.63, 3.8) is 0 Å². The van der Waals surface area contributed by atoms with E-state index in [4.69, 9.17) is 29.0 Å². The monoisotopic (exact) mass is 445 g/mol. The quantitative estimate of drug-likeness (QED) is 0.0923. The van der Waals surface area contributed by atoms with E-state index < -0.39 is 12.2 Å². The van der Waals surface area contributed by atoms with Gasteiger partial charge in [0.15, 0.2) is 0 Å². The molecule has 0 saturated heterocycles. The molecule has 0 radical (unpaired) electrons. The van der Waals surface area contributed by atoms with Gasteiger partial charge in [-0.2, -0.15) is 10.9 Å². The zero-order valence-corrected chi connectivity index (χ0v) is 18.5. The lowest BCUT2D eigenvalue weighted by Gasteiger charge is -2.20. The minimum absolute atomic E-state index is 0.0172. The predicted molar refractivity (Wildman–Crippen MR) is 119 cm³/mol. The van der Waals surface area contributed by atoms with Crippen LogP contribution in [0.3, 0.4) is 0 Å². The van der Waals surface area contributed by atoms with Gasteiger partial charge in [-0.3, -0.25) is 0 Å². The molecule has 162 valence electrons. The molecule has 0 heterocycles. The molecule has 0 fully saturated rings. The number of rotatable bonds is 11. The zero-order chi connectivity index (χ0) is 21.8. The van der Waals surface area contributed by atoms with Crippen LogP contribution in [-0.2, 0) is 0 Å². The molecule has 29 heavy (non-hydrogen) atoms. The number of benzene rings is 1. The average molecular weight is 446 g/mol. The van der Waals surface area contributed by atoms with Gasteiger partial charge in [0, 0.05) is 23.9 Å². The van der Waals surface area contributed by atoms with E-state index in [0.29, 0.717) is 5.69 Å². The summed E-state index contributed by atoms with van der Waals surface area (Å²) in [5.41, 5.74) is 1.73. The van der Waals surface area contributed by atoms with Gasteiger partial charge in [-0.05, 0) is 38.1 Å². The van der Waals surface area contributed by atoms with Crippen LogP contribution in [0, 0.1) is 0 Å². The third-order valence-electron chi connectivity index (χ3n) is 4.14. The molecule has 0 amide bonds. The minimum Gasteiger partial charge on any atom is -0.389 e. The molecule has 2 atom stereocenters. The highest BCUT2D eigenvalue weighted by molar-refractivity contribution is 6.18. The van der Waals surface area contributed by atoms with E-state index in [1.165, 1.54) is 15.8 Å². The Bertz CT molecular complexity index is 680. The number of anilines is 1. The molecule has 0 spiro atoms. The maximum Gasteiger partial charge on any atom is 0.433 e. The summed E-state index contributed by atoms with van der Waals surface area (Å²) in [5, 5.41) is 29.4. The van der Waals surface area contributed by atoms with E-state index >= 15 is 0 Å². The first-order chi connectivity index (χ1) is 13.9. The van der Waals surface area contributed by atoms with Crippen molar-refractivity contribution in [1.82, 2.24) is 5.01 Å². The number of alkyl halides is 2. The second-order valence-corrected chi connectivity index (χ2v) is 6.91. The fourth-order valence-electron chi connectivity index (χ4n) is 2.57. The van der Waals surface area contributed by atoms with Crippen molar-refractivity contribution in [3.8, 4) is 0 Å². The molecular formula is C19H31Cl2N6O2+. The van der Waals surface area contributed by atoms with Crippen LogP contribution in [0.15, 0.2) is 47.3 Å². The van der Waals surface area contributed by atoms with Crippen LogP contribution in [0.5, 0.6) is 0 Å². The molecule has 1 rings (SSSR count). The summed E-state index contributed by atoms with van der Waals surface area (Å²) >= 11 is 11.4. The Hall–Kier alpha value is -1.71. The van der Waals surface area contributed by atoms with E-state index in [1.807, 2.05) is 24.3 Å². The largest absolute Gasteiger partial charge is 0.433 e. The maximum absolute atomic E-state index is 9.89. The van der Waals surface area contributed by atoms with Crippen molar-refractivity contribution in [3.05, 3.63) is 37.0 Å². The number of nitrogens with two attached hydrogens (primary N) is 1. The first kappa shape index (κ1) is 25.3. The number of aliphatic hydroxyl groups excluding tert-OH is 2. The standard InChI is InChI=1S/C19H31Cl2N6O2/c1-4-25(5-2)16-9-7-15(8-10-16)23-24-19(27(22)14-18(29)12-21)26(6-3)13-17(28)11-20/h6-10,17-18,28-29H,3-5,11-14,22H2,1-2H3/q+1. The number of azo groups is 1. The SMILES string of the molecule is C=C/[N+](CC(O)CCl)=C(/N=Nc1ccc(N(CC)CC)cc1)N(N)CC(O)CCl. The summed E-state index contributed by atoms with van der Waals surface area (Å²) in [7, 11) is 0. The van der Waals surface area contributed by atoms with Gasteiger partial charge in [-0.1, -0.05) is 11.7 Å². The van der Waals surface area contributed by atoms with E-state index in [9.17, 15) is 10.2 Å². The summed E-state index contributed by atoms with van der Waals surface area (Å²) in [6, 6.07) is 7.66. The van der Waals surface area contributed by atoms with Gasteiger partial charge < -0.3 is 15.1 Å². The topological polar surface area (TPSA) is 101 Å². The van der Waals surface area contributed by atoms with Crippen LogP contribution < -0.4 is 10.7 Å². The van der Waals surface area contributed by atoms with E-state index in [2.05, 4.69) is 35.6 Å². The lowest BCUT2D eigenvalue weighted by molar-refractivity contribution is -0.473. The summed E-state index contributed by atoms with van der Waals surface area (Å²) in [6.07, 6.45) is -0.218. The summed E-state index contributed by atoms with van der Waals surface area (Å²) in [5.74, 6) is 6.32. The molecule has 0 aromatic heterocycles. The number of guanidine groups is 1. The fraction of sp³-hybridized carbons (Fsp3) is 0.526. The van der Waals surface area contributed by atoms with Crippen LogP contribution in [0.4, 0.5) is 11.4 Å². The zero-order valence-electron chi connectivity index (χ0n) is 17.0. The minimum atomic E-state index is -0.857. The first-order valence-electron chi connectivity index (χ1n) is 9.43. The second-order valence-electron chi connectivity index (χ2n) is 6.29. The lowest BCUT2D eigenvalue weighted by Crippen LogP contribution is -2.46. The first-order valence-corrected chi connectivity index (χ1v) is 10.5. The Labute approximate surface area is 182 Å². The normalized spacial score (nSPS) is 14.4. The Kier molecular flexibility index (Phi) is 11.8. The number of hydrazine groups is 1.